The Morgan fingerprint density at radius 3 is 2.37 bits per heavy atom. The van der Waals surface area contributed by atoms with E-state index < -0.39 is 32.6 Å². The van der Waals surface area contributed by atoms with E-state index in [1.54, 1.807) is 30.3 Å². The lowest BCUT2D eigenvalue weighted by molar-refractivity contribution is 0.0932. The van der Waals surface area contributed by atoms with E-state index in [4.69, 9.17) is 4.74 Å². The SMILES string of the molecule is COCCNC(=O)c1c(O)c2ncc(Cc3ccc(F)cc3)cc2n(Cc2ccc(S(C)(=O)=O)cc2)c1=O. The average molecular weight is 540 g/mol. The van der Waals surface area contributed by atoms with Crippen molar-refractivity contribution in [1.82, 2.24) is 14.9 Å². The van der Waals surface area contributed by atoms with Crippen molar-refractivity contribution in [2.45, 2.75) is 17.9 Å². The number of hydrogen-bond donors (Lipinski definition) is 2. The van der Waals surface area contributed by atoms with Crippen LogP contribution in [0.25, 0.3) is 11.0 Å². The lowest BCUT2D eigenvalue weighted by Gasteiger charge is -2.16. The molecule has 198 valence electrons. The van der Waals surface area contributed by atoms with Gasteiger partial charge in [-0.15, -0.1) is 0 Å². The summed E-state index contributed by atoms with van der Waals surface area (Å²) in [5.41, 5.74) is 1.25. The number of nitrogens with one attached hydrogen (secondary N) is 1. The summed E-state index contributed by atoms with van der Waals surface area (Å²) in [5, 5.41) is 13.5. The van der Waals surface area contributed by atoms with E-state index in [0.29, 0.717) is 17.5 Å². The first-order valence-electron chi connectivity index (χ1n) is 11.6. The summed E-state index contributed by atoms with van der Waals surface area (Å²) in [6.07, 6.45) is 3.01. The van der Waals surface area contributed by atoms with Crippen LogP contribution < -0.4 is 10.9 Å². The predicted molar refractivity (Wildman–Crippen MR) is 140 cm³/mol. The highest BCUT2D eigenvalue weighted by Crippen LogP contribution is 2.27. The number of pyridine rings is 2. The van der Waals surface area contributed by atoms with Crippen LogP contribution in [0.15, 0.2) is 70.5 Å². The Morgan fingerprint density at radius 1 is 1.08 bits per heavy atom. The van der Waals surface area contributed by atoms with E-state index in [1.165, 1.54) is 42.1 Å². The van der Waals surface area contributed by atoms with Gasteiger partial charge in [-0.25, -0.2) is 12.8 Å². The van der Waals surface area contributed by atoms with E-state index in [0.717, 1.165) is 11.8 Å². The fourth-order valence-electron chi connectivity index (χ4n) is 4.02. The second kappa shape index (κ2) is 11.1. The van der Waals surface area contributed by atoms with Crippen LogP contribution in [0.3, 0.4) is 0 Å². The quantitative estimate of drug-likeness (QED) is 0.313. The fraction of sp³-hybridized carbons (Fsp3) is 0.222. The van der Waals surface area contributed by atoms with Crippen molar-refractivity contribution in [2.24, 2.45) is 0 Å². The van der Waals surface area contributed by atoms with E-state index in [9.17, 15) is 27.5 Å². The van der Waals surface area contributed by atoms with E-state index in [2.05, 4.69) is 10.3 Å². The van der Waals surface area contributed by atoms with Gasteiger partial charge in [0.25, 0.3) is 11.5 Å². The van der Waals surface area contributed by atoms with Gasteiger partial charge in [0.1, 0.15) is 16.9 Å². The lowest BCUT2D eigenvalue weighted by Crippen LogP contribution is -2.35. The first-order chi connectivity index (χ1) is 18.1. The molecular weight excluding hydrogens is 513 g/mol. The second-order valence-corrected chi connectivity index (χ2v) is 10.8. The van der Waals surface area contributed by atoms with Gasteiger partial charge in [-0.05, 0) is 53.4 Å². The highest BCUT2D eigenvalue weighted by molar-refractivity contribution is 7.90. The minimum Gasteiger partial charge on any atom is -0.505 e. The molecule has 0 spiro atoms. The Morgan fingerprint density at radius 2 is 1.74 bits per heavy atom. The molecule has 0 aliphatic rings. The largest absolute Gasteiger partial charge is 0.505 e. The molecule has 9 nitrogen and oxygen atoms in total. The normalized spacial score (nSPS) is 11.6. The van der Waals surface area contributed by atoms with Gasteiger partial charge in [0.05, 0.1) is 23.6 Å². The summed E-state index contributed by atoms with van der Waals surface area (Å²) >= 11 is 0. The molecule has 0 aliphatic carbocycles. The van der Waals surface area contributed by atoms with E-state index >= 15 is 0 Å². The summed E-state index contributed by atoms with van der Waals surface area (Å²) in [6, 6.07) is 13.7. The van der Waals surface area contributed by atoms with Crippen molar-refractivity contribution in [3.63, 3.8) is 0 Å². The molecule has 0 unspecified atom stereocenters. The van der Waals surface area contributed by atoms with Gasteiger partial charge >= 0.3 is 0 Å². The number of ether oxygens (including phenoxy) is 1. The zero-order valence-corrected chi connectivity index (χ0v) is 21.6. The Balaban J connectivity index is 1.83. The van der Waals surface area contributed by atoms with Crippen LogP contribution in [-0.4, -0.2) is 55.5 Å². The number of fused-ring (bicyclic) bond motifs is 1. The number of methoxy groups -OCH3 is 1. The van der Waals surface area contributed by atoms with Crippen molar-refractivity contribution in [2.75, 3.05) is 26.5 Å². The first kappa shape index (κ1) is 27.0. The standard InChI is InChI=1S/C27H26FN3O6S/c1-37-12-11-29-26(33)23-25(32)24-22(14-19(15-30-24)13-17-3-7-20(28)8-4-17)31(27(23)34)16-18-5-9-21(10-6-18)38(2,35)36/h3-10,14-15,32H,11-13,16H2,1-2H3,(H,29,33). The molecular formula is C27H26FN3O6S. The van der Waals surface area contributed by atoms with Gasteiger partial charge in [0, 0.05) is 26.1 Å². The third-order valence-electron chi connectivity index (χ3n) is 5.97. The smallest absolute Gasteiger partial charge is 0.268 e. The molecule has 0 aliphatic heterocycles. The van der Waals surface area contributed by atoms with Crippen molar-refractivity contribution in [3.8, 4) is 5.75 Å². The summed E-state index contributed by atoms with van der Waals surface area (Å²) in [7, 11) is -1.94. The molecule has 4 rings (SSSR count). The van der Waals surface area contributed by atoms with Crippen molar-refractivity contribution in [1.29, 1.82) is 0 Å². The number of aromatic nitrogens is 2. The number of nitrogens with zero attached hydrogens (tertiary/aromatic N) is 2. The lowest BCUT2D eigenvalue weighted by atomic mass is 10.0. The van der Waals surface area contributed by atoms with Gasteiger partial charge in [0.15, 0.2) is 15.6 Å². The maximum absolute atomic E-state index is 13.6. The highest BCUT2D eigenvalue weighted by Gasteiger charge is 2.23. The second-order valence-electron chi connectivity index (χ2n) is 8.79. The molecule has 1 amide bonds. The molecule has 0 radical (unpaired) electrons. The number of aromatic hydroxyl groups is 1. The first-order valence-corrected chi connectivity index (χ1v) is 13.5. The molecule has 11 heteroatoms. The molecule has 38 heavy (non-hydrogen) atoms. The molecule has 2 N–H and O–H groups in total. The average Bonchev–Trinajstić information content (AvgIpc) is 2.88. The number of rotatable bonds is 9. The number of hydrogen-bond acceptors (Lipinski definition) is 7. The summed E-state index contributed by atoms with van der Waals surface area (Å²) in [6.45, 7) is 0.328. The molecule has 2 aromatic carbocycles. The number of carbonyl (C=O) groups is 1. The van der Waals surface area contributed by atoms with Crippen LogP contribution in [0, 0.1) is 5.82 Å². The van der Waals surface area contributed by atoms with Crippen LogP contribution >= 0.6 is 0 Å². The molecule has 0 saturated heterocycles. The number of sulfone groups is 1. The fourth-order valence-corrected chi connectivity index (χ4v) is 4.65. The molecule has 0 saturated carbocycles. The van der Waals surface area contributed by atoms with Crippen molar-refractivity contribution < 1.29 is 27.4 Å². The minimum atomic E-state index is -3.41. The molecule has 4 aromatic rings. The van der Waals surface area contributed by atoms with Crippen LogP contribution in [0.4, 0.5) is 4.39 Å². The topological polar surface area (TPSA) is 128 Å². The molecule has 0 bridgehead atoms. The van der Waals surface area contributed by atoms with Crippen LogP contribution in [0.2, 0.25) is 0 Å². The molecule has 2 heterocycles. The Bertz CT molecular complexity index is 1650. The molecule has 0 fully saturated rings. The molecule has 2 aromatic heterocycles. The zero-order valence-electron chi connectivity index (χ0n) is 20.8. The number of benzene rings is 2. The van der Waals surface area contributed by atoms with Crippen LogP contribution in [0.5, 0.6) is 5.75 Å². The minimum absolute atomic E-state index is 0.0142. The van der Waals surface area contributed by atoms with E-state index in [1.807, 2.05) is 0 Å². The summed E-state index contributed by atoms with van der Waals surface area (Å²) in [5.74, 6) is -1.68. The van der Waals surface area contributed by atoms with E-state index in [-0.39, 0.29) is 41.4 Å². The van der Waals surface area contributed by atoms with Gasteiger partial charge in [-0.1, -0.05) is 24.3 Å². The van der Waals surface area contributed by atoms with Gasteiger partial charge < -0.3 is 19.7 Å². The van der Waals surface area contributed by atoms with Crippen molar-refractivity contribution >= 4 is 26.8 Å². The highest BCUT2D eigenvalue weighted by atomic mass is 32.2. The number of carbonyl (C=O) groups excluding carboxylic acids is 1. The maximum Gasteiger partial charge on any atom is 0.268 e. The van der Waals surface area contributed by atoms with Crippen LogP contribution in [0.1, 0.15) is 27.0 Å². The third-order valence-corrected chi connectivity index (χ3v) is 7.10. The summed E-state index contributed by atoms with van der Waals surface area (Å²) < 4.78 is 43.2. The zero-order chi connectivity index (χ0) is 27.4. The van der Waals surface area contributed by atoms with Crippen LogP contribution in [-0.2, 0) is 27.5 Å². The molecule has 0 atom stereocenters. The number of halogens is 1. The van der Waals surface area contributed by atoms with Gasteiger partial charge in [-0.2, -0.15) is 0 Å². The third kappa shape index (κ3) is 5.90. The predicted octanol–water partition coefficient (Wildman–Crippen LogP) is 2.66. The maximum atomic E-state index is 13.6. The monoisotopic (exact) mass is 539 g/mol. The van der Waals surface area contributed by atoms with Gasteiger partial charge in [-0.3, -0.25) is 14.6 Å². The Hall–Kier alpha value is -4.09. The Labute approximate surface area is 218 Å². The van der Waals surface area contributed by atoms with Crippen molar-refractivity contribution in [3.05, 3.63) is 99.2 Å². The summed E-state index contributed by atoms with van der Waals surface area (Å²) in [4.78, 5) is 30.9. The van der Waals surface area contributed by atoms with Gasteiger partial charge in [0.2, 0.25) is 0 Å². The Kier molecular flexibility index (Phi) is 7.88. The number of amides is 1.